The lowest BCUT2D eigenvalue weighted by atomic mass is 10.1. The summed E-state index contributed by atoms with van der Waals surface area (Å²) in [5.74, 6) is 1.51. The number of rotatable bonds is 8. The van der Waals surface area contributed by atoms with Crippen LogP contribution in [0, 0.1) is 0 Å². The molecule has 1 aromatic rings. The van der Waals surface area contributed by atoms with E-state index in [-0.39, 0.29) is 5.60 Å². The van der Waals surface area contributed by atoms with E-state index in [0.29, 0.717) is 13.2 Å². The Morgan fingerprint density at radius 1 is 1.16 bits per heavy atom. The molecule has 1 aromatic carbocycles. The summed E-state index contributed by atoms with van der Waals surface area (Å²) in [4.78, 5) is 0. The van der Waals surface area contributed by atoms with E-state index in [4.69, 9.17) is 19.9 Å². The van der Waals surface area contributed by atoms with E-state index in [1.807, 2.05) is 32.0 Å². The Kier molecular flexibility index (Phi) is 6.12. The molecule has 0 aliphatic heterocycles. The zero-order valence-electron chi connectivity index (χ0n) is 12.4. The zero-order chi connectivity index (χ0) is 14.3. The second kappa shape index (κ2) is 7.36. The van der Waals surface area contributed by atoms with Gasteiger partial charge in [0, 0.05) is 13.5 Å². The van der Waals surface area contributed by atoms with Crippen molar-refractivity contribution in [3.8, 4) is 11.5 Å². The van der Waals surface area contributed by atoms with Crippen LogP contribution < -0.4 is 15.2 Å². The van der Waals surface area contributed by atoms with Crippen molar-refractivity contribution >= 4 is 0 Å². The number of ether oxygens (including phenoxy) is 3. The molecule has 0 radical (unpaired) electrons. The van der Waals surface area contributed by atoms with Gasteiger partial charge in [-0.25, -0.2) is 0 Å². The average molecular weight is 267 g/mol. The first-order valence-corrected chi connectivity index (χ1v) is 6.57. The van der Waals surface area contributed by atoms with Gasteiger partial charge in [-0.3, -0.25) is 0 Å². The normalized spacial score (nSPS) is 11.4. The molecule has 4 nitrogen and oxygen atoms in total. The number of benzene rings is 1. The van der Waals surface area contributed by atoms with Crippen molar-refractivity contribution in [3.63, 3.8) is 0 Å². The summed E-state index contributed by atoms with van der Waals surface area (Å²) in [6.45, 7) is 5.30. The molecule has 0 atom stereocenters. The molecule has 0 aliphatic carbocycles. The fourth-order valence-corrected chi connectivity index (χ4v) is 1.66. The quantitative estimate of drug-likeness (QED) is 0.785. The Labute approximate surface area is 115 Å². The fraction of sp³-hybridized carbons (Fsp3) is 0.600. The predicted octanol–water partition coefficient (Wildman–Crippen LogP) is 2.39. The highest BCUT2D eigenvalue weighted by Gasteiger charge is 2.16. The molecule has 0 unspecified atom stereocenters. The maximum atomic E-state index is 5.76. The molecule has 1 rings (SSSR count). The Morgan fingerprint density at radius 2 is 1.89 bits per heavy atom. The van der Waals surface area contributed by atoms with Gasteiger partial charge in [0.25, 0.3) is 0 Å². The van der Waals surface area contributed by atoms with Gasteiger partial charge in [-0.2, -0.15) is 0 Å². The van der Waals surface area contributed by atoms with E-state index in [1.165, 1.54) is 0 Å². The highest BCUT2D eigenvalue weighted by atomic mass is 16.5. The molecule has 0 aliphatic rings. The standard InChI is InChI=1S/C15H25NO3/c1-15(2,18-4)8-10-19-13-6-5-12(7-9-16)11-14(13)17-3/h5-6,11H,7-10,16H2,1-4H3. The third kappa shape index (κ3) is 5.09. The van der Waals surface area contributed by atoms with Gasteiger partial charge in [0.15, 0.2) is 11.5 Å². The van der Waals surface area contributed by atoms with Crippen molar-refractivity contribution in [1.29, 1.82) is 0 Å². The van der Waals surface area contributed by atoms with Crippen molar-refractivity contribution in [1.82, 2.24) is 0 Å². The maximum Gasteiger partial charge on any atom is 0.161 e. The minimum absolute atomic E-state index is 0.174. The van der Waals surface area contributed by atoms with Crippen LogP contribution in [0.25, 0.3) is 0 Å². The average Bonchev–Trinajstić information content (AvgIpc) is 2.40. The van der Waals surface area contributed by atoms with Gasteiger partial charge >= 0.3 is 0 Å². The van der Waals surface area contributed by atoms with E-state index in [2.05, 4.69) is 0 Å². The van der Waals surface area contributed by atoms with Gasteiger partial charge in [-0.15, -0.1) is 0 Å². The van der Waals surface area contributed by atoms with Crippen LogP contribution in [0.15, 0.2) is 18.2 Å². The number of hydrogen-bond donors (Lipinski definition) is 1. The van der Waals surface area contributed by atoms with Crippen molar-refractivity contribution in [3.05, 3.63) is 23.8 Å². The first kappa shape index (κ1) is 15.8. The van der Waals surface area contributed by atoms with Crippen LogP contribution in [0.1, 0.15) is 25.8 Å². The first-order valence-electron chi connectivity index (χ1n) is 6.57. The smallest absolute Gasteiger partial charge is 0.161 e. The van der Waals surface area contributed by atoms with Crippen LogP contribution >= 0.6 is 0 Å². The van der Waals surface area contributed by atoms with Gasteiger partial charge in [-0.1, -0.05) is 6.07 Å². The Morgan fingerprint density at radius 3 is 2.47 bits per heavy atom. The van der Waals surface area contributed by atoms with Gasteiger partial charge in [0.1, 0.15) is 0 Å². The van der Waals surface area contributed by atoms with Crippen LogP contribution in [0.5, 0.6) is 11.5 Å². The Bertz CT molecular complexity index is 391. The summed E-state index contributed by atoms with van der Waals surface area (Å²) in [6.07, 6.45) is 1.66. The van der Waals surface area contributed by atoms with Gasteiger partial charge in [0.05, 0.1) is 19.3 Å². The summed E-state index contributed by atoms with van der Waals surface area (Å²) >= 11 is 0. The zero-order valence-corrected chi connectivity index (χ0v) is 12.4. The van der Waals surface area contributed by atoms with Gasteiger partial charge < -0.3 is 19.9 Å². The van der Waals surface area contributed by atoms with E-state index in [1.54, 1.807) is 14.2 Å². The summed E-state index contributed by atoms with van der Waals surface area (Å²) in [5.41, 5.74) is 6.53. The highest BCUT2D eigenvalue weighted by molar-refractivity contribution is 5.43. The molecule has 4 heteroatoms. The van der Waals surface area contributed by atoms with Gasteiger partial charge in [-0.05, 0) is 44.5 Å². The molecule has 2 N–H and O–H groups in total. The third-order valence-electron chi connectivity index (χ3n) is 3.18. The van der Waals surface area contributed by atoms with E-state index >= 15 is 0 Å². The topological polar surface area (TPSA) is 53.7 Å². The molecular formula is C15H25NO3. The van der Waals surface area contributed by atoms with Crippen LogP contribution in [0.2, 0.25) is 0 Å². The molecule has 0 saturated heterocycles. The molecule has 0 saturated carbocycles. The lowest BCUT2D eigenvalue weighted by molar-refractivity contribution is 0.00525. The SMILES string of the molecule is COc1cc(CCN)ccc1OCCC(C)(C)OC. The molecule has 0 heterocycles. The molecular weight excluding hydrogens is 242 g/mol. The van der Waals surface area contributed by atoms with Crippen molar-refractivity contribution in [2.75, 3.05) is 27.4 Å². The Balaban J connectivity index is 2.63. The van der Waals surface area contributed by atoms with Crippen molar-refractivity contribution < 1.29 is 14.2 Å². The van der Waals surface area contributed by atoms with E-state index in [9.17, 15) is 0 Å². The second-order valence-electron chi connectivity index (χ2n) is 5.09. The lowest BCUT2D eigenvalue weighted by Gasteiger charge is -2.23. The molecule has 108 valence electrons. The maximum absolute atomic E-state index is 5.76. The van der Waals surface area contributed by atoms with Crippen molar-refractivity contribution in [2.24, 2.45) is 5.73 Å². The third-order valence-corrected chi connectivity index (χ3v) is 3.18. The molecule has 0 amide bonds. The molecule has 0 fully saturated rings. The van der Waals surface area contributed by atoms with E-state index in [0.717, 1.165) is 29.9 Å². The molecule has 0 bridgehead atoms. The molecule has 0 aromatic heterocycles. The largest absolute Gasteiger partial charge is 0.493 e. The number of hydrogen-bond acceptors (Lipinski definition) is 4. The predicted molar refractivity (Wildman–Crippen MR) is 77.0 cm³/mol. The van der Waals surface area contributed by atoms with Crippen LogP contribution in [-0.2, 0) is 11.2 Å². The fourth-order valence-electron chi connectivity index (χ4n) is 1.66. The minimum Gasteiger partial charge on any atom is -0.493 e. The summed E-state index contributed by atoms with van der Waals surface area (Å²) in [5, 5.41) is 0. The summed E-state index contributed by atoms with van der Waals surface area (Å²) < 4.78 is 16.5. The van der Waals surface area contributed by atoms with Crippen LogP contribution in [0.3, 0.4) is 0 Å². The highest BCUT2D eigenvalue weighted by Crippen LogP contribution is 2.28. The van der Waals surface area contributed by atoms with Crippen molar-refractivity contribution in [2.45, 2.75) is 32.3 Å². The second-order valence-corrected chi connectivity index (χ2v) is 5.09. The first-order chi connectivity index (χ1) is 9.02. The summed E-state index contributed by atoms with van der Waals surface area (Å²) in [6, 6.07) is 5.93. The lowest BCUT2D eigenvalue weighted by Crippen LogP contribution is -2.25. The summed E-state index contributed by atoms with van der Waals surface area (Å²) in [7, 11) is 3.36. The van der Waals surface area contributed by atoms with E-state index < -0.39 is 0 Å². The molecule has 19 heavy (non-hydrogen) atoms. The number of methoxy groups -OCH3 is 2. The Hall–Kier alpha value is -1.26. The van der Waals surface area contributed by atoms with Crippen LogP contribution in [-0.4, -0.2) is 33.0 Å². The van der Waals surface area contributed by atoms with Gasteiger partial charge in [0.2, 0.25) is 0 Å². The van der Waals surface area contributed by atoms with Crippen LogP contribution in [0.4, 0.5) is 0 Å². The molecule has 0 spiro atoms. The number of nitrogens with two attached hydrogens (primary N) is 1. The monoisotopic (exact) mass is 267 g/mol. The minimum atomic E-state index is -0.174.